The molecule has 1 aromatic carbocycles. The Bertz CT molecular complexity index is 397. The molecule has 0 amide bonds. The molecule has 16 heavy (non-hydrogen) atoms. The third kappa shape index (κ3) is 3.29. The molecule has 86 valence electrons. The number of rotatable bonds is 5. The van der Waals surface area contributed by atoms with Gasteiger partial charge in [-0.05, 0) is 23.8 Å². The highest BCUT2D eigenvalue weighted by Crippen LogP contribution is 2.28. The Kier molecular flexibility index (Phi) is 4.35. The molecule has 0 saturated carbocycles. The first kappa shape index (κ1) is 12.1. The van der Waals surface area contributed by atoms with Gasteiger partial charge in [0.2, 0.25) is 5.75 Å². The highest BCUT2D eigenvalue weighted by Gasteiger charge is 2.05. The van der Waals surface area contributed by atoms with Crippen molar-refractivity contribution in [1.29, 1.82) is 0 Å². The topological polar surface area (TPSA) is 65.0 Å². The van der Waals surface area contributed by atoms with Gasteiger partial charge in [0.25, 0.3) is 0 Å². The minimum atomic E-state index is -1.00. The van der Waals surface area contributed by atoms with Crippen molar-refractivity contribution in [3.8, 4) is 11.5 Å². The number of carboxylic acids is 1. The fraction of sp³-hybridized carbons (Fsp3) is 0.182. The van der Waals surface area contributed by atoms with Gasteiger partial charge in [0.1, 0.15) is 0 Å². The highest BCUT2D eigenvalue weighted by molar-refractivity contribution is 5.85. The third-order valence-corrected chi connectivity index (χ3v) is 1.78. The molecule has 0 heterocycles. The van der Waals surface area contributed by atoms with Crippen molar-refractivity contribution in [1.82, 2.24) is 0 Å². The zero-order valence-corrected chi connectivity index (χ0v) is 8.97. The predicted molar refractivity (Wildman–Crippen MR) is 57.3 cm³/mol. The van der Waals surface area contributed by atoms with Gasteiger partial charge in [0.05, 0.1) is 14.2 Å². The number of hydrogen-bond acceptors (Lipinski definition) is 4. The van der Waals surface area contributed by atoms with E-state index in [4.69, 9.17) is 14.7 Å². The monoisotopic (exact) mass is 224 g/mol. The van der Waals surface area contributed by atoms with E-state index in [1.165, 1.54) is 20.3 Å². The van der Waals surface area contributed by atoms with Crippen LogP contribution < -0.4 is 9.62 Å². The molecule has 0 radical (unpaired) electrons. The second kappa shape index (κ2) is 5.77. The standard InChI is InChI=1S/C11H12O5/c1-14-10-7-8(4-6-11(12)13)3-5-9(10)16-15-2/h3-7H,1-2H3,(H,12,13)/b6-4+. The predicted octanol–water partition coefficient (Wildman–Crippen LogP) is 1.73. The second-order valence-corrected chi connectivity index (χ2v) is 2.83. The van der Waals surface area contributed by atoms with Crippen LogP contribution in [-0.4, -0.2) is 25.3 Å². The Morgan fingerprint density at radius 2 is 2.06 bits per heavy atom. The molecule has 0 bridgehead atoms. The first-order valence-corrected chi connectivity index (χ1v) is 4.47. The van der Waals surface area contributed by atoms with Crippen molar-refractivity contribution in [3.05, 3.63) is 29.8 Å². The molecule has 0 aliphatic rings. The quantitative estimate of drug-likeness (QED) is 0.468. The van der Waals surface area contributed by atoms with Gasteiger partial charge in [-0.1, -0.05) is 6.07 Å². The normalized spacial score (nSPS) is 10.4. The highest BCUT2D eigenvalue weighted by atomic mass is 17.2. The maximum Gasteiger partial charge on any atom is 0.328 e. The van der Waals surface area contributed by atoms with Gasteiger partial charge in [-0.3, -0.25) is 0 Å². The third-order valence-electron chi connectivity index (χ3n) is 1.78. The molecule has 0 atom stereocenters. The smallest absolute Gasteiger partial charge is 0.328 e. The molecule has 5 nitrogen and oxygen atoms in total. The lowest BCUT2D eigenvalue weighted by Crippen LogP contribution is -1.94. The summed E-state index contributed by atoms with van der Waals surface area (Å²) in [4.78, 5) is 19.7. The van der Waals surface area contributed by atoms with E-state index in [9.17, 15) is 4.79 Å². The zero-order chi connectivity index (χ0) is 12.0. The van der Waals surface area contributed by atoms with Crippen LogP contribution in [0.1, 0.15) is 5.56 Å². The molecular formula is C11H12O5. The Morgan fingerprint density at radius 3 is 2.62 bits per heavy atom. The second-order valence-electron chi connectivity index (χ2n) is 2.83. The van der Waals surface area contributed by atoms with E-state index < -0.39 is 5.97 Å². The van der Waals surface area contributed by atoms with E-state index >= 15 is 0 Å². The molecule has 0 aromatic heterocycles. The average molecular weight is 224 g/mol. The first-order chi connectivity index (χ1) is 7.67. The zero-order valence-electron chi connectivity index (χ0n) is 8.97. The number of benzene rings is 1. The molecule has 0 unspecified atom stereocenters. The minimum Gasteiger partial charge on any atom is -0.493 e. The number of ether oxygens (including phenoxy) is 1. The minimum absolute atomic E-state index is 0.428. The van der Waals surface area contributed by atoms with Crippen LogP contribution >= 0.6 is 0 Å². The van der Waals surface area contributed by atoms with E-state index in [2.05, 4.69) is 4.89 Å². The van der Waals surface area contributed by atoms with Crippen LogP contribution in [0.2, 0.25) is 0 Å². The lowest BCUT2D eigenvalue weighted by molar-refractivity contribution is -0.179. The van der Waals surface area contributed by atoms with Gasteiger partial charge in [-0.15, -0.1) is 0 Å². The summed E-state index contributed by atoms with van der Waals surface area (Å²) in [6.07, 6.45) is 2.51. The van der Waals surface area contributed by atoms with Gasteiger partial charge in [-0.2, -0.15) is 4.89 Å². The van der Waals surface area contributed by atoms with Crippen LogP contribution in [0.25, 0.3) is 6.08 Å². The van der Waals surface area contributed by atoms with Crippen molar-refractivity contribution in [3.63, 3.8) is 0 Å². The maximum absolute atomic E-state index is 10.3. The van der Waals surface area contributed by atoms with Crippen LogP contribution in [0.4, 0.5) is 0 Å². The summed E-state index contributed by atoms with van der Waals surface area (Å²) in [7, 11) is 2.88. The van der Waals surface area contributed by atoms with Crippen molar-refractivity contribution in [2.45, 2.75) is 0 Å². The van der Waals surface area contributed by atoms with E-state index in [0.717, 1.165) is 6.08 Å². The fourth-order valence-electron chi connectivity index (χ4n) is 1.11. The summed E-state index contributed by atoms with van der Waals surface area (Å²) >= 11 is 0. The molecule has 1 rings (SSSR count). The lowest BCUT2D eigenvalue weighted by Gasteiger charge is -2.07. The van der Waals surface area contributed by atoms with E-state index in [1.807, 2.05) is 0 Å². The molecule has 1 N–H and O–H groups in total. The fourth-order valence-corrected chi connectivity index (χ4v) is 1.11. The number of aliphatic carboxylic acids is 1. The van der Waals surface area contributed by atoms with Crippen LogP contribution in [0.15, 0.2) is 24.3 Å². The molecular weight excluding hydrogens is 212 g/mol. The van der Waals surface area contributed by atoms with Gasteiger partial charge in [0, 0.05) is 6.08 Å². The largest absolute Gasteiger partial charge is 0.493 e. The SMILES string of the molecule is COOc1ccc(/C=C/C(=O)O)cc1OC. The summed E-state index contributed by atoms with van der Waals surface area (Å²) in [5, 5.41) is 8.48. The summed E-state index contributed by atoms with van der Waals surface area (Å²) in [5.74, 6) is -0.108. The maximum atomic E-state index is 10.3. The molecule has 0 aliphatic heterocycles. The van der Waals surface area contributed by atoms with Crippen LogP contribution in [0.5, 0.6) is 11.5 Å². The summed E-state index contributed by atoms with van der Waals surface area (Å²) in [6, 6.07) is 4.97. The number of methoxy groups -OCH3 is 1. The number of carbonyl (C=O) groups is 1. The van der Waals surface area contributed by atoms with Crippen LogP contribution in [0.3, 0.4) is 0 Å². The van der Waals surface area contributed by atoms with E-state index in [0.29, 0.717) is 17.1 Å². The lowest BCUT2D eigenvalue weighted by atomic mass is 10.2. The molecule has 0 aliphatic carbocycles. The summed E-state index contributed by atoms with van der Waals surface area (Å²) in [6.45, 7) is 0. The molecule has 0 spiro atoms. The Hall–Kier alpha value is -2.01. The van der Waals surface area contributed by atoms with Gasteiger partial charge >= 0.3 is 5.97 Å². The van der Waals surface area contributed by atoms with Gasteiger partial charge < -0.3 is 14.7 Å². The van der Waals surface area contributed by atoms with Gasteiger partial charge in [-0.25, -0.2) is 4.79 Å². The van der Waals surface area contributed by atoms with Crippen molar-refractivity contribution < 1.29 is 24.4 Å². The Balaban J connectivity index is 2.94. The van der Waals surface area contributed by atoms with E-state index in [1.54, 1.807) is 18.2 Å². The van der Waals surface area contributed by atoms with Crippen molar-refractivity contribution in [2.24, 2.45) is 0 Å². The van der Waals surface area contributed by atoms with Gasteiger partial charge in [0.15, 0.2) is 5.75 Å². The average Bonchev–Trinajstić information content (AvgIpc) is 2.28. The molecule has 1 aromatic rings. The summed E-state index contributed by atoms with van der Waals surface area (Å²) in [5.41, 5.74) is 0.697. The molecule has 5 heteroatoms. The molecule has 0 saturated heterocycles. The van der Waals surface area contributed by atoms with Crippen molar-refractivity contribution >= 4 is 12.0 Å². The first-order valence-electron chi connectivity index (χ1n) is 4.47. The van der Waals surface area contributed by atoms with Crippen LogP contribution in [-0.2, 0) is 9.68 Å². The Labute approximate surface area is 92.8 Å². The van der Waals surface area contributed by atoms with E-state index in [-0.39, 0.29) is 0 Å². The van der Waals surface area contributed by atoms with Crippen molar-refractivity contribution in [2.75, 3.05) is 14.2 Å². The number of hydrogen-bond donors (Lipinski definition) is 1. The summed E-state index contributed by atoms with van der Waals surface area (Å²) < 4.78 is 5.06. The Morgan fingerprint density at radius 1 is 1.31 bits per heavy atom. The van der Waals surface area contributed by atoms with Crippen LogP contribution in [0, 0.1) is 0 Å². The molecule has 0 fully saturated rings. The number of carboxylic acid groups (broad SMARTS) is 1.